The molecule has 4 heteroatoms. The number of amides is 1. The minimum Gasteiger partial charge on any atom is -0.284 e. The third-order valence-corrected chi connectivity index (χ3v) is 5.12. The summed E-state index contributed by atoms with van der Waals surface area (Å²) in [5.41, 5.74) is 3.14. The molecule has 1 amide bonds. The van der Waals surface area contributed by atoms with Crippen molar-refractivity contribution in [2.45, 2.75) is 65.3 Å². The Hall–Kier alpha value is -1.86. The monoisotopic (exact) mass is 314 g/mol. The molecule has 0 heterocycles. The van der Waals surface area contributed by atoms with Crippen LogP contribution in [0.3, 0.4) is 0 Å². The summed E-state index contributed by atoms with van der Waals surface area (Å²) >= 11 is 0. The second-order valence-electron chi connectivity index (χ2n) is 7.09. The molecule has 2 rings (SSSR count). The highest BCUT2D eigenvalue weighted by Crippen LogP contribution is 2.35. The molecule has 0 radical (unpaired) electrons. The van der Waals surface area contributed by atoms with Gasteiger partial charge in [-0.2, -0.15) is 5.26 Å². The smallest absolute Gasteiger partial charge is 0.251 e. The topological polar surface area (TPSA) is 64.3 Å². The van der Waals surface area contributed by atoms with Crippen molar-refractivity contribution >= 4 is 5.91 Å². The van der Waals surface area contributed by atoms with Gasteiger partial charge in [-0.3, -0.25) is 10.0 Å². The van der Waals surface area contributed by atoms with E-state index < -0.39 is 11.4 Å². The lowest BCUT2D eigenvalue weighted by molar-refractivity contribution is -0.190. The van der Waals surface area contributed by atoms with Gasteiger partial charge in [-0.05, 0) is 69.1 Å². The summed E-state index contributed by atoms with van der Waals surface area (Å²) < 4.78 is 0. The van der Waals surface area contributed by atoms with Gasteiger partial charge in [0.15, 0.2) is 5.54 Å². The van der Waals surface area contributed by atoms with Gasteiger partial charge in [0.25, 0.3) is 5.91 Å². The number of nitriles is 1. The van der Waals surface area contributed by atoms with E-state index in [0.29, 0.717) is 18.8 Å². The van der Waals surface area contributed by atoms with E-state index in [1.54, 1.807) is 0 Å². The molecule has 1 aromatic carbocycles. The number of hydroxylamine groups is 2. The molecule has 1 fully saturated rings. The van der Waals surface area contributed by atoms with Crippen molar-refractivity contribution in [2.24, 2.45) is 5.92 Å². The van der Waals surface area contributed by atoms with E-state index in [1.165, 1.54) is 0 Å². The Morgan fingerprint density at radius 2 is 1.83 bits per heavy atom. The fourth-order valence-corrected chi connectivity index (χ4v) is 3.56. The van der Waals surface area contributed by atoms with Gasteiger partial charge < -0.3 is 0 Å². The highest BCUT2D eigenvalue weighted by molar-refractivity contribution is 5.79. The van der Waals surface area contributed by atoms with E-state index in [9.17, 15) is 15.3 Å². The van der Waals surface area contributed by atoms with Crippen LogP contribution < -0.4 is 0 Å². The van der Waals surface area contributed by atoms with Gasteiger partial charge in [0.2, 0.25) is 0 Å². The summed E-state index contributed by atoms with van der Waals surface area (Å²) in [6.07, 6.45) is 2.94. The van der Waals surface area contributed by atoms with Crippen LogP contribution in [0.1, 0.15) is 54.9 Å². The molecular weight excluding hydrogens is 288 g/mol. The van der Waals surface area contributed by atoms with Crippen LogP contribution in [0.4, 0.5) is 0 Å². The predicted molar refractivity (Wildman–Crippen MR) is 89.0 cm³/mol. The van der Waals surface area contributed by atoms with Crippen LogP contribution in [0.15, 0.2) is 12.1 Å². The summed E-state index contributed by atoms with van der Waals surface area (Å²) in [5, 5.41) is 20.7. The maximum Gasteiger partial charge on any atom is 0.251 e. The number of benzene rings is 1. The second kappa shape index (κ2) is 6.72. The van der Waals surface area contributed by atoms with Gasteiger partial charge in [0, 0.05) is 0 Å². The first-order valence-electron chi connectivity index (χ1n) is 8.29. The molecule has 0 saturated heterocycles. The molecule has 1 aliphatic carbocycles. The molecule has 1 saturated carbocycles. The van der Waals surface area contributed by atoms with E-state index in [0.717, 1.165) is 40.2 Å². The molecule has 0 aliphatic heterocycles. The van der Waals surface area contributed by atoms with E-state index in [-0.39, 0.29) is 6.42 Å². The van der Waals surface area contributed by atoms with Crippen molar-refractivity contribution in [2.75, 3.05) is 0 Å². The van der Waals surface area contributed by atoms with Crippen LogP contribution in [0.2, 0.25) is 0 Å². The van der Waals surface area contributed by atoms with E-state index in [4.69, 9.17) is 0 Å². The number of hydrogen-bond acceptors (Lipinski definition) is 3. The third-order valence-electron chi connectivity index (χ3n) is 5.12. The Morgan fingerprint density at radius 3 is 2.30 bits per heavy atom. The second-order valence-corrected chi connectivity index (χ2v) is 7.09. The zero-order chi connectivity index (χ0) is 17.2. The van der Waals surface area contributed by atoms with Crippen molar-refractivity contribution in [3.63, 3.8) is 0 Å². The SMILES string of the molecule is Cc1cc(C)c(CC(=O)N(O)C2(C#N)CCC(C)CC2)c(C)c1. The van der Waals surface area contributed by atoms with Crippen molar-refractivity contribution in [1.82, 2.24) is 5.06 Å². The fourth-order valence-electron chi connectivity index (χ4n) is 3.56. The summed E-state index contributed by atoms with van der Waals surface area (Å²) in [5.74, 6) is 0.151. The number of nitrogens with zero attached hydrogens (tertiary/aromatic N) is 2. The predicted octanol–water partition coefficient (Wildman–Crippen LogP) is 3.84. The molecule has 124 valence electrons. The van der Waals surface area contributed by atoms with Gasteiger partial charge in [-0.1, -0.05) is 24.6 Å². The molecule has 0 aromatic heterocycles. The highest BCUT2D eigenvalue weighted by Gasteiger charge is 2.42. The van der Waals surface area contributed by atoms with Gasteiger partial charge in [-0.15, -0.1) is 0 Å². The van der Waals surface area contributed by atoms with Crippen molar-refractivity contribution in [3.05, 3.63) is 34.4 Å². The standard InChI is InChI=1S/C19H26N2O2/c1-13-5-7-19(12-20,8-6-13)21(23)18(22)11-17-15(3)9-14(2)10-16(17)4/h9-10,13,23H,5-8,11H2,1-4H3. The lowest BCUT2D eigenvalue weighted by atomic mass is 9.77. The van der Waals surface area contributed by atoms with Crippen LogP contribution in [0.5, 0.6) is 0 Å². The first-order chi connectivity index (χ1) is 10.8. The van der Waals surface area contributed by atoms with Gasteiger partial charge >= 0.3 is 0 Å². The van der Waals surface area contributed by atoms with Crippen LogP contribution in [-0.2, 0) is 11.2 Å². The largest absolute Gasteiger partial charge is 0.284 e. The zero-order valence-electron chi connectivity index (χ0n) is 14.5. The molecule has 1 aliphatic rings. The van der Waals surface area contributed by atoms with Crippen LogP contribution in [0.25, 0.3) is 0 Å². The average molecular weight is 314 g/mol. The Kier molecular flexibility index (Phi) is 5.11. The number of carbonyl (C=O) groups is 1. The molecule has 0 unspecified atom stereocenters. The third kappa shape index (κ3) is 3.56. The van der Waals surface area contributed by atoms with Crippen molar-refractivity contribution in [1.29, 1.82) is 5.26 Å². The molecule has 23 heavy (non-hydrogen) atoms. The minimum absolute atomic E-state index is 0.132. The molecule has 0 bridgehead atoms. The number of carbonyl (C=O) groups excluding carboxylic acids is 1. The van der Waals surface area contributed by atoms with E-state index in [1.807, 2.05) is 32.9 Å². The number of hydrogen-bond donors (Lipinski definition) is 1. The minimum atomic E-state index is -1.06. The number of aryl methyl sites for hydroxylation is 3. The van der Waals surface area contributed by atoms with Crippen molar-refractivity contribution in [3.8, 4) is 6.07 Å². The molecule has 0 spiro atoms. The Balaban J connectivity index is 2.19. The summed E-state index contributed by atoms with van der Waals surface area (Å²) in [7, 11) is 0. The zero-order valence-corrected chi connectivity index (χ0v) is 14.5. The Bertz CT molecular complexity index is 614. The van der Waals surface area contributed by atoms with E-state index >= 15 is 0 Å². The van der Waals surface area contributed by atoms with Crippen LogP contribution >= 0.6 is 0 Å². The molecule has 0 atom stereocenters. The highest BCUT2D eigenvalue weighted by atomic mass is 16.5. The molecule has 1 N–H and O–H groups in total. The Morgan fingerprint density at radius 1 is 1.30 bits per heavy atom. The first kappa shape index (κ1) is 17.5. The summed E-state index contributed by atoms with van der Waals surface area (Å²) in [4.78, 5) is 12.6. The molecule has 4 nitrogen and oxygen atoms in total. The summed E-state index contributed by atoms with van der Waals surface area (Å²) in [6, 6.07) is 6.28. The van der Waals surface area contributed by atoms with Gasteiger partial charge in [0.1, 0.15) is 0 Å². The van der Waals surface area contributed by atoms with E-state index in [2.05, 4.69) is 13.0 Å². The lowest BCUT2D eigenvalue weighted by Gasteiger charge is -2.38. The quantitative estimate of drug-likeness (QED) is 0.681. The normalized spacial score (nSPS) is 24.1. The van der Waals surface area contributed by atoms with Gasteiger partial charge in [0.05, 0.1) is 12.5 Å². The first-order valence-corrected chi connectivity index (χ1v) is 8.29. The molecular formula is C19H26N2O2. The average Bonchev–Trinajstić information content (AvgIpc) is 2.51. The fraction of sp³-hybridized carbons (Fsp3) is 0.579. The van der Waals surface area contributed by atoms with Crippen LogP contribution in [-0.4, -0.2) is 21.7 Å². The number of rotatable bonds is 3. The van der Waals surface area contributed by atoms with Gasteiger partial charge in [-0.25, -0.2) is 5.06 Å². The summed E-state index contributed by atoms with van der Waals surface area (Å²) in [6.45, 7) is 8.13. The van der Waals surface area contributed by atoms with Crippen LogP contribution in [0, 0.1) is 38.0 Å². The maximum absolute atomic E-state index is 12.6. The lowest BCUT2D eigenvalue weighted by Crippen LogP contribution is -2.51. The Labute approximate surface area is 138 Å². The van der Waals surface area contributed by atoms with Crippen molar-refractivity contribution < 1.29 is 10.0 Å². The molecule has 1 aromatic rings. The maximum atomic E-state index is 12.6.